The molecule has 1 rings (SSSR count). The summed E-state index contributed by atoms with van der Waals surface area (Å²) in [6.07, 6.45) is 2.44. The molecule has 2 atom stereocenters. The van der Waals surface area contributed by atoms with Crippen LogP contribution in [0.2, 0.25) is 0 Å². The van der Waals surface area contributed by atoms with E-state index < -0.39 is 0 Å². The smallest absolute Gasteiger partial charge is 0.0971 e. The largest absolute Gasteiger partial charge is 0.233 e. The van der Waals surface area contributed by atoms with Gasteiger partial charge in [0.1, 0.15) is 0 Å². The Morgan fingerprint density at radius 2 is 1.42 bits per heavy atom. The predicted octanol–water partition coefficient (Wildman–Crippen LogP) is 5.88. The highest BCUT2D eigenvalue weighted by Gasteiger charge is 2.21. The first-order valence-corrected chi connectivity index (χ1v) is 9.61. The Balaban J connectivity index is 2.67. The first kappa shape index (κ1) is 23.1. The second-order valence-electron chi connectivity index (χ2n) is 9.23. The van der Waals surface area contributed by atoms with Crippen molar-refractivity contribution >= 4 is 0 Å². The molecule has 0 radical (unpaired) electrons. The summed E-state index contributed by atoms with van der Waals surface area (Å²) >= 11 is 0. The van der Waals surface area contributed by atoms with Gasteiger partial charge in [-0.05, 0) is 86.3 Å². The number of rotatable bonds is 9. The van der Waals surface area contributed by atoms with Crippen LogP contribution in [0.3, 0.4) is 0 Å². The van der Waals surface area contributed by atoms with Crippen molar-refractivity contribution in [2.75, 3.05) is 0 Å². The molecule has 1 aromatic carbocycles. The molecule has 0 aliphatic carbocycles. The molecule has 0 heterocycles. The summed E-state index contributed by atoms with van der Waals surface area (Å²) in [5.74, 6) is 0. The highest BCUT2D eigenvalue weighted by molar-refractivity contribution is 5.30. The molecule has 4 heteroatoms. The maximum atomic E-state index is 5.80. The minimum absolute atomic E-state index is 0.00596. The third kappa shape index (κ3) is 10.3. The van der Waals surface area contributed by atoms with Crippen LogP contribution in [0.4, 0.5) is 0 Å². The van der Waals surface area contributed by atoms with E-state index >= 15 is 0 Å². The summed E-state index contributed by atoms with van der Waals surface area (Å²) < 4.78 is 0. The van der Waals surface area contributed by atoms with Crippen molar-refractivity contribution in [3.63, 3.8) is 0 Å². The summed E-state index contributed by atoms with van der Waals surface area (Å²) in [6, 6.07) is 6.53. The molecule has 0 aliphatic rings. The van der Waals surface area contributed by atoms with Crippen LogP contribution in [-0.4, -0.2) is 23.4 Å². The summed E-state index contributed by atoms with van der Waals surface area (Å²) in [5, 5.41) is 0. The van der Waals surface area contributed by atoms with E-state index in [0.717, 1.165) is 19.3 Å². The average molecular weight is 367 g/mol. The van der Waals surface area contributed by atoms with Crippen LogP contribution in [0, 0.1) is 13.8 Å². The normalized spacial score (nSPS) is 15.1. The summed E-state index contributed by atoms with van der Waals surface area (Å²) in [5.41, 5.74) is 3.19. The molecule has 0 saturated carbocycles. The van der Waals surface area contributed by atoms with Gasteiger partial charge in [0, 0.05) is 6.42 Å². The standard InChI is InChI=1S/C22H38O4/c1-16-10-11-17(2)19(14-16)15-20(24-26-22(7,8)9)13-12-18(3)23-25-21(4,5)6/h10-11,14,18,20H,12-13,15H2,1-9H3. The Morgan fingerprint density at radius 1 is 0.846 bits per heavy atom. The minimum Gasteiger partial charge on any atom is -0.233 e. The lowest BCUT2D eigenvalue weighted by Crippen LogP contribution is -2.27. The lowest BCUT2D eigenvalue weighted by Gasteiger charge is -2.25. The van der Waals surface area contributed by atoms with E-state index in [4.69, 9.17) is 19.6 Å². The van der Waals surface area contributed by atoms with Crippen molar-refractivity contribution in [1.29, 1.82) is 0 Å². The molecular weight excluding hydrogens is 328 g/mol. The Kier molecular flexibility index (Phi) is 8.74. The van der Waals surface area contributed by atoms with E-state index in [1.807, 2.05) is 48.5 Å². The highest BCUT2D eigenvalue weighted by atomic mass is 17.2. The number of aryl methyl sites for hydroxylation is 2. The summed E-state index contributed by atoms with van der Waals surface area (Å²) in [7, 11) is 0. The van der Waals surface area contributed by atoms with Gasteiger partial charge in [-0.2, -0.15) is 0 Å². The zero-order valence-electron chi connectivity index (χ0n) is 18.1. The monoisotopic (exact) mass is 366 g/mol. The molecule has 4 nitrogen and oxygen atoms in total. The Morgan fingerprint density at radius 3 is 2.00 bits per heavy atom. The van der Waals surface area contributed by atoms with Gasteiger partial charge in [0.25, 0.3) is 0 Å². The van der Waals surface area contributed by atoms with E-state index in [-0.39, 0.29) is 23.4 Å². The van der Waals surface area contributed by atoms with Gasteiger partial charge in [0.15, 0.2) is 0 Å². The number of benzene rings is 1. The molecule has 0 spiro atoms. The lowest BCUT2D eigenvalue weighted by atomic mass is 9.97. The van der Waals surface area contributed by atoms with Crippen LogP contribution >= 0.6 is 0 Å². The summed E-state index contributed by atoms with van der Waals surface area (Å²) in [6.45, 7) is 18.2. The van der Waals surface area contributed by atoms with Crippen LogP contribution in [0.25, 0.3) is 0 Å². The van der Waals surface area contributed by atoms with E-state index in [1.165, 1.54) is 16.7 Å². The average Bonchev–Trinajstić information content (AvgIpc) is 2.49. The topological polar surface area (TPSA) is 36.9 Å². The van der Waals surface area contributed by atoms with Gasteiger partial charge in [-0.25, -0.2) is 19.6 Å². The van der Waals surface area contributed by atoms with Crippen LogP contribution in [-0.2, 0) is 26.0 Å². The fourth-order valence-electron chi connectivity index (χ4n) is 2.36. The van der Waals surface area contributed by atoms with Gasteiger partial charge in [0.05, 0.1) is 23.4 Å². The van der Waals surface area contributed by atoms with E-state index in [9.17, 15) is 0 Å². The first-order valence-electron chi connectivity index (χ1n) is 9.61. The van der Waals surface area contributed by atoms with Crippen molar-refractivity contribution in [2.45, 2.75) is 105 Å². The van der Waals surface area contributed by atoms with Gasteiger partial charge < -0.3 is 0 Å². The van der Waals surface area contributed by atoms with Crippen LogP contribution in [0.15, 0.2) is 18.2 Å². The first-order chi connectivity index (χ1) is 11.9. The molecule has 150 valence electrons. The van der Waals surface area contributed by atoms with Crippen molar-refractivity contribution in [3.8, 4) is 0 Å². The molecule has 0 aromatic heterocycles. The van der Waals surface area contributed by atoms with E-state index in [1.54, 1.807) is 0 Å². The van der Waals surface area contributed by atoms with Crippen molar-refractivity contribution in [3.05, 3.63) is 34.9 Å². The molecular formula is C22H38O4. The molecule has 0 N–H and O–H groups in total. The highest BCUT2D eigenvalue weighted by Crippen LogP contribution is 2.21. The maximum Gasteiger partial charge on any atom is 0.0971 e. The van der Waals surface area contributed by atoms with Crippen molar-refractivity contribution in [1.82, 2.24) is 0 Å². The molecule has 0 fully saturated rings. The Hall–Kier alpha value is -0.940. The summed E-state index contributed by atoms with van der Waals surface area (Å²) in [4.78, 5) is 22.3. The third-order valence-electron chi connectivity index (χ3n) is 3.74. The minimum atomic E-state index is -0.336. The van der Waals surface area contributed by atoms with Gasteiger partial charge >= 0.3 is 0 Å². The molecule has 0 amide bonds. The third-order valence-corrected chi connectivity index (χ3v) is 3.74. The Labute approximate surface area is 160 Å². The van der Waals surface area contributed by atoms with Crippen LogP contribution < -0.4 is 0 Å². The molecule has 1 aromatic rings. The zero-order chi connectivity index (χ0) is 20.0. The quantitative estimate of drug-likeness (QED) is 0.404. The predicted molar refractivity (Wildman–Crippen MR) is 106 cm³/mol. The molecule has 0 saturated heterocycles. The number of hydrogen-bond donors (Lipinski definition) is 0. The second-order valence-corrected chi connectivity index (χ2v) is 9.23. The second kappa shape index (κ2) is 9.84. The molecule has 0 bridgehead atoms. The Bertz CT molecular complexity index is 540. The molecule has 26 heavy (non-hydrogen) atoms. The van der Waals surface area contributed by atoms with E-state index in [2.05, 4.69) is 32.0 Å². The van der Waals surface area contributed by atoms with Crippen LogP contribution in [0.5, 0.6) is 0 Å². The molecule has 0 aliphatic heterocycles. The van der Waals surface area contributed by atoms with E-state index in [0.29, 0.717) is 0 Å². The van der Waals surface area contributed by atoms with Gasteiger partial charge in [-0.1, -0.05) is 23.8 Å². The van der Waals surface area contributed by atoms with Crippen molar-refractivity contribution < 1.29 is 19.6 Å². The van der Waals surface area contributed by atoms with Gasteiger partial charge in [0.2, 0.25) is 0 Å². The lowest BCUT2D eigenvalue weighted by molar-refractivity contribution is -0.381. The van der Waals surface area contributed by atoms with Gasteiger partial charge in [-0.15, -0.1) is 0 Å². The van der Waals surface area contributed by atoms with Gasteiger partial charge in [-0.3, -0.25) is 0 Å². The number of hydrogen-bond acceptors (Lipinski definition) is 4. The van der Waals surface area contributed by atoms with Crippen LogP contribution in [0.1, 0.15) is 78.0 Å². The van der Waals surface area contributed by atoms with Crippen molar-refractivity contribution in [2.24, 2.45) is 0 Å². The SMILES string of the molecule is Cc1ccc(C)c(CC(CCC(C)OOC(C)(C)C)OOC(C)(C)C)c1. The fraction of sp³-hybridized carbons (Fsp3) is 0.727. The zero-order valence-corrected chi connectivity index (χ0v) is 18.1. The maximum absolute atomic E-state index is 5.80. The fourth-order valence-corrected chi connectivity index (χ4v) is 2.36. The molecule has 2 unspecified atom stereocenters.